The summed E-state index contributed by atoms with van der Waals surface area (Å²) in [6.07, 6.45) is 0.197. The lowest BCUT2D eigenvalue weighted by molar-refractivity contribution is -0.0661. The van der Waals surface area contributed by atoms with Crippen LogP contribution in [0.2, 0.25) is 0 Å². The van der Waals surface area contributed by atoms with Crippen LogP contribution in [0.3, 0.4) is 0 Å². The molecule has 0 spiro atoms. The highest BCUT2D eigenvalue weighted by Gasteiger charge is 2.35. The van der Waals surface area contributed by atoms with Crippen molar-refractivity contribution in [3.63, 3.8) is 0 Å². The van der Waals surface area contributed by atoms with Crippen LogP contribution in [0.5, 0.6) is 11.5 Å². The van der Waals surface area contributed by atoms with Gasteiger partial charge in [0.2, 0.25) is 0 Å². The van der Waals surface area contributed by atoms with E-state index in [-0.39, 0.29) is 41.0 Å². The first kappa shape index (κ1) is 17.9. The average molecular weight is 401 g/mol. The third-order valence-corrected chi connectivity index (χ3v) is 5.41. The summed E-state index contributed by atoms with van der Waals surface area (Å²) in [5.74, 6) is -2.93. The summed E-state index contributed by atoms with van der Waals surface area (Å²) in [5.41, 5.74) is 0.451. The summed E-state index contributed by atoms with van der Waals surface area (Å²) in [6, 6.07) is 7.30. The number of hydrogen-bond donors (Lipinski definition) is 2. The summed E-state index contributed by atoms with van der Waals surface area (Å²) in [5, 5.41) is 21.1. The Morgan fingerprint density at radius 3 is 2.69 bits per heavy atom. The van der Waals surface area contributed by atoms with E-state index in [0.717, 1.165) is 0 Å². The molecule has 0 saturated carbocycles. The lowest BCUT2D eigenvalue weighted by Crippen LogP contribution is -2.42. The van der Waals surface area contributed by atoms with Gasteiger partial charge in [-0.15, -0.1) is 0 Å². The highest BCUT2D eigenvalue weighted by molar-refractivity contribution is 6.14. The van der Waals surface area contributed by atoms with Gasteiger partial charge in [0.25, 0.3) is 5.92 Å². The monoisotopic (exact) mass is 401 g/mol. The highest BCUT2D eigenvalue weighted by atomic mass is 19.3. The van der Waals surface area contributed by atoms with E-state index < -0.39 is 18.1 Å². The number of halogens is 2. The fraction of sp³-hybridized carbons (Fsp3) is 0.286. The summed E-state index contributed by atoms with van der Waals surface area (Å²) >= 11 is 0. The number of benzene rings is 2. The molecule has 4 aromatic rings. The summed E-state index contributed by atoms with van der Waals surface area (Å²) in [7, 11) is 0. The number of piperidine rings is 1. The van der Waals surface area contributed by atoms with E-state index in [0.29, 0.717) is 34.9 Å². The lowest BCUT2D eigenvalue weighted by Gasteiger charge is -2.32. The van der Waals surface area contributed by atoms with Crippen molar-refractivity contribution in [3.05, 3.63) is 46.3 Å². The third kappa shape index (κ3) is 2.91. The predicted molar refractivity (Wildman–Crippen MR) is 103 cm³/mol. The molecule has 1 aliphatic heterocycles. The molecule has 0 radical (unpaired) electrons. The van der Waals surface area contributed by atoms with Crippen molar-refractivity contribution in [1.29, 1.82) is 0 Å². The number of fused-ring (bicyclic) bond motifs is 5. The van der Waals surface area contributed by atoms with Gasteiger partial charge in [0.1, 0.15) is 28.1 Å². The zero-order valence-electron chi connectivity index (χ0n) is 15.2. The van der Waals surface area contributed by atoms with Gasteiger partial charge < -0.3 is 19.0 Å². The van der Waals surface area contributed by atoms with Crippen LogP contribution in [0.1, 0.15) is 18.4 Å². The first-order valence-electron chi connectivity index (χ1n) is 9.25. The molecular weight excluding hydrogens is 384 g/mol. The molecule has 2 aromatic heterocycles. The number of phenols is 2. The molecule has 2 aromatic carbocycles. The van der Waals surface area contributed by atoms with Crippen molar-refractivity contribution in [1.82, 2.24) is 4.90 Å². The number of nitrogens with zero attached hydrogens (tertiary/aromatic N) is 1. The minimum Gasteiger partial charge on any atom is -0.508 e. The summed E-state index contributed by atoms with van der Waals surface area (Å²) < 4.78 is 38.9. The smallest absolute Gasteiger partial charge is 0.348 e. The van der Waals surface area contributed by atoms with Crippen LogP contribution < -0.4 is 5.63 Å². The van der Waals surface area contributed by atoms with E-state index in [4.69, 9.17) is 8.83 Å². The maximum absolute atomic E-state index is 13.8. The molecule has 1 aliphatic rings. The van der Waals surface area contributed by atoms with Gasteiger partial charge in [-0.25, -0.2) is 13.6 Å². The van der Waals surface area contributed by atoms with E-state index in [2.05, 4.69) is 0 Å². The molecule has 8 heteroatoms. The largest absolute Gasteiger partial charge is 0.508 e. The Balaban J connectivity index is 1.75. The van der Waals surface area contributed by atoms with Crippen LogP contribution in [0.4, 0.5) is 8.78 Å². The van der Waals surface area contributed by atoms with E-state index in [9.17, 15) is 23.8 Å². The predicted octanol–water partition coefficient (Wildman–Crippen LogP) is 4.33. The SMILES string of the molecule is O=c1oc2cc(O)ccc2c2oc3ccc(O)c(CN4CCCC(F)(F)C4)c3c12. The Kier molecular flexibility index (Phi) is 3.82. The van der Waals surface area contributed by atoms with Crippen LogP contribution in [-0.4, -0.2) is 34.1 Å². The number of rotatable bonds is 2. The molecule has 1 saturated heterocycles. The van der Waals surface area contributed by atoms with Gasteiger partial charge in [-0.1, -0.05) is 0 Å². The van der Waals surface area contributed by atoms with Gasteiger partial charge in [0.05, 0.1) is 11.9 Å². The minimum atomic E-state index is -2.78. The molecule has 150 valence electrons. The fourth-order valence-electron chi connectivity index (χ4n) is 4.13. The van der Waals surface area contributed by atoms with Crippen molar-refractivity contribution in [2.24, 2.45) is 0 Å². The Hall–Kier alpha value is -3.13. The Labute approximate surface area is 162 Å². The van der Waals surface area contributed by atoms with E-state index in [1.54, 1.807) is 11.0 Å². The molecule has 29 heavy (non-hydrogen) atoms. The van der Waals surface area contributed by atoms with Gasteiger partial charge in [-0.05, 0) is 37.2 Å². The lowest BCUT2D eigenvalue weighted by atomic mass is 10.0. The van der Waals surface area contributed by atoms with Gasteiger partial charge in [-0.2, -0.15) is 0 Å². The van der Waals surface area contributed by atoms with Gasteiger partial charge in [-0.3, -0.25) is 4.90 Å². The van der Waals surface area contributed by atoms with Crippen LogP contribution >= 0.6 is 0 Å². The summed E-state index contributed by atoms with van der Waals surface area (Å²) in [6.45, 7) is 0.119. The molecular formula is C21H17F2NO5. The van der Waals surface area contributed by atoms with Crippen molar-refractivity contribution < 1.29 is 27.8 Å². The molecule has 3 heterocycles. The van der Waals surface area contributed by atoms with E-state index in [1.165, 1.54) is 24.3 Å². The highest BCUT2D eigenvalue weighted by Crippen LogP contribution is 2.39. The molecule has 0 atom stereocenters. The number of likely N-dealkylation sites (tertiary alicyclic amines) is 1. The van der Waals surface area contributed by atoms with Crippen molar-refractivity contribution in [2.45, 2.75) is 25.3 Å². The van der Waals surface area contributed by atoms with Crippen LogP contribution in [-0.2, 0) is 6.54 Å². The van der Waals surface area contributed by atoms with Crippen molar-refractivity contribution in [2.75, 3.05) is 13.1 Å². The first-order chi connectivity index (χ1) is 13.8. The zero-order valence-corrected chi connectivity index (χ0v) is 15.2. The number of alkyl halides is 2. The zero-order chi connectivity index (χ0) is 20.3. The van der Waals surface area contributed by atoms with Gasteiger partial charge in [0, 0.05) is 30.0 Å². The van der Waals surface area contributed by atoms with Crippen molar-refractivity contribution in [3.8, 4) is 11.5 Å². The average Bonchev–Trinajstić information content (AvgIpc) is 3.04. The second kappa shape index (κ2) is 6.18. The van der Waals surface area contributed by atoms with E-state index >= 15 is 0 Å². The Morgan fingerprint density at radius 1 is 1.07 bits per heavy atom. The maximum atomic E-state index is 13.8. The fourth-order valence-corrected chi connectivity index (χ4v) is 4.13. The molecule has 0 unspecified atom stereocenters. The number of phenolic OH excluding ortho intramolecular Hbond substituents is 2. The number of hydrogen-bond acceptors (Lipinski definition) is 6. The Bertz CT molecular complexity index is 1320. The number of furan rings is 1. The minimum absolute atomic E-state index is 0.0551. The van der Waals surface area contributed by atoms with Crippen LogP contribution in [0.15, 0.2) is 44.0 Å². The second-order valence-corrected chi connectivity index (χ2v) is 7.48. The quantitative estimate of drug-likeness (QED) is 0.486. The third-order valence-electron chi connectivity index (χ3n) is 5.41. The molecule has 5 rings (SSSR count). The summed E-state index contributed by atoms with van der Waals surface area (Å²) in [4.78, 5) is 14.3. The first-order valence-corrected chi connectivity index (χ1v) is 9.25. The molecule has 0 bridgehead atoms. The van der Waals surface area contributed by atoms with Gasteiger partial charge in [0.15, 0.2) is 5.58 Å². The van der Waals surface area contributed by atoms with Crippen LogP contribution in [0, 0.1) is 0 Å². The molecule has 1 fully saturated rings. The standard InChI is InChI=1S/C21H17F2NO5/c22-21(23)6-1-7-24(10-21)9-13-14(26)4-5-15-17(13)18-19(28-15)12-3-2-11(25)8-16(12)29-20(18)27/h2-5,8,25-26H,1,6-7,9-10H2. The Morgan fingerprint density at radius 2 is 1.90 bits per heavy atom. The van der Waals surface area contributed by atoms with E-state index in [1.807, 2.05) is 0 Å². The normalized spacial score (nSPS) is 17.4. The topological polar surface area (TPSA) is 87.0 Å². The molecule has 2 N–H and O–H groups in total. The number of aromatic hydroxyl groups is 2. The van der Waals surface area contributed by atoms with Crippen LogP contribution in [0.25, 0.3) is 32.9 Å². The molecule has 6 nitrogen and oxygen atoms in total. The van der Waals surface area contributed by atoms with Gasteiger partial charge >= 0.3 is 5.63 Å². The molecule has 0 aliphatic carbocycles. The second-order valence-electron chi connectivity index (χ2n) is 7.48. The maximum Gasteiger partial charge on any atom is 0.348 e. The molecule has 0 amide bonds. The van der Waals surface area contributed by atoms with Crippen molar-refractivity contribution >= 4 is 32.9 Å².